The van der Waals surface area contributed by atoms with Gasteiger partial charge in [-0.2, -0.15) is 0 Å². The Balaban J connectivity index is 2.52. The summed E-state index contributed by atoms with van der Waals surface area (Å²) in [6.45, 7) is -0.0171. The van der Waals surface area contributed by atoms with Crippen LogP contribution in [0, 0.1) is 0 Å². The van der Waals surface area contributed by atoms with Gasteiger partial charge in [0.15, 0.2) is 6.29 Å². The molecule has 1 saturated heterocycles. The van der Waals surface area contributed by atoms with Crippen molar-refractivity contribution in [3.63, 3.8) is 0 Å². The first-order chi connectivity index (χ1) is 5.16. The van der Waals surface area contributed by atoms with Gasteiger partial charge in [-0.05, 0) is 0 Å². The third kappa shape index (κ3) is 1.69. The maximum atomic E-state index is 9.15. The van der Waals surface area contributed by atoms with E-state index in [0.717, 1.165) is 0 Å². The summed E-state index contributed by atoms with van der Waals surface area (Å²) in [5.41, 5.74) is 0. The molecule has 0 bridgehead atoms. The predicted molar refractivity (Wildman–Crippen MR) is 34.8 cm³/mol. The molecule has 66 valence electrons. The molecule has 3 N–H and O–H groups in total. The van der Waals surface area contributed by atoms with Crippen LogP contribution in [0.25, 0.3) is 0 Å². The SMILES string of the molecule is CO[C@@H]1OC[C@@H](O)[C@@H](O)C1O. The molecule has 0 saturated carbocycles. The fourth-order valence-corrected chi connectivity index (χ4v) is 0.987. The Morgan fingerprint density at radius 2 is 1.91 bits per heavy atom. The highest BCUT2D eigenvalue weighted by molar-refractivity contribution is 4.81. The van der Waals surface area contributed by atoms with Crippen molar-refractivity contribution >= 4 is 0 Å². The zero-order valence-electron chi connectivity index (χ0n) is 6.17. The molecule has 11 heavy (non-hydrogen) atoms. The number of methoxy groups -OCH3 is 1. The molecule has 0 amide bonds. The lowest BCUT2D eigenvalue weighted by Crippen LogP contribution is -2.53. The van der Waals surface area contributed by atoms with Crippen LogP contribution in [-0.2, 0) is 9.47 Å². The van der Waals surface area contributed by atoms with Crippen LogP contribution in [0.1, 0.15) is 0 Å². The molecule has 1 heterocycles. The summed E-state index contributed by atoms with van der Waals surface area (Å²) in [5.74, 6) is 0. The van der Waals surface area contributed by atoms with Gasteiger partial charge >= 0.3 is 0 Å². The van der Waals surface area contributed by atoms with Gasteiger partial charge in [0.2, 0.25) is 0 Å². The largest absolute Gasteiger partial charge is 0.388 e. The normalized spacial score (nSPS) is 45.8. The highest BCUT2D eigenvalue weighted by atomic mass is 16.7. The molecule has 1 unspecified atom stereocenters. The summed E-state index contributed by atoms with van der Waals surface area (Å²) in [6, 6.07) is 0. The third-order valence-electron chi connectivity index (χ3n) is 1.69. The van der Waals surface area contributed by atoms with Gasteiger partial charge in [-0.25, -0.2) is 0 Å². The Labute approximate surface area is 64.2 Å². The lowest BCUT2D eigenvalue weighted by molar-refractivity contribution is -0.261. The molecule has 0 radical (unpaired) electrons. The van der Waals surface area contributed by atoms with Gasteiger partial charge in [-0.1, -0.05) is 0 Å². The van der Waals surface area contributed by atoms with E-state index in [0.29, 0.717) is 0 Å². The van der Waals surface area contributed by atoms with Crippen molar-refractivity contribution in [2.24, 2.45) is 0 Å². The molecular weight excluding hydrogens is 152 g/mol. The second-order valence-corrected chi connectivity index (χ2v) is 2.49. The predicted octanol–water partition coefficient (Wildman–Crippen LogP) is -1.93. The molecule has 1 rings (SSSR count). The second kappa shape index (κ2) is 3.46. The standard InChI is InChI=1S/C6H12O5/c1-10-6-5(9)4(8)3(7)2-11-6/h3-9H,2H2,1H3/t3-,4-,5?,6-/m1/s1. The summed E-state index contributed by atoms with van der Waals surface area (Å²) >= 11 is 0. The Hall–Kier alpha value is -0.200. The molecule has 0 aromatic rings. The van der Waals surface area contributed by atoms with Gasteiger partial charge in [0, 0.05) is 7.11 Å². The zero-order valence-corrected chi connectivity index (χ0v) is 6.17. The van der Waals surface area contributed by atoms with Gasteiger partial charge in [0.05, 0.1) is 6.61 Å². The highest BCUT2D eigenvalue weighted by Crippen LogP contribution is 2.15. The number of hydrogen-bond acceptors (Lipinski definition) is 5. The first-order valence-corrected chi connectivity index (χ1v) is 3.35. The van der Waals surface area contributed by atoms with Gasteiger partial charge < -0.3 is 24.8 Å². The van der Waals surface area contributed by atoms with Crippen molar-refractivity contribution in [2.45, 2.75) is 24.6 Å². The van der Waals surface area contributed by atoms with Crippen molar-refractivity contribution < 1.29 is 24.8 Å². The smallest absolute Gasteiger partial charge is 0.185 e. The first kappa shape index (κ1) is 8.89. The van der Waals surface area contributed by atoms with E-state index in [-0.39, 0.29) is 6.61 Å². The van der Waals surface area contributed by atoms with E-state index < -0.39 is 24.6 Å². The maximum absolute atomic E-state index is 9.15. The van der Waals surface area contributed by atoms with E-state index >= 15 is 0 Å². The van der Waals surface area contributed by atoms with Crippen LogP contribution < -0.4 is 0 Å². The summed E-state index contributed by atoms with van der Waals surface area (Å²) in [7, 11) is 1.36. The first-order valence-electron chi connectivity index (χ1n) is 3.35. The van der Waals surface area contributed by atoms with Crippen LogP contribution in [0.5, 0.6) is 0 Å². The summed E-state index contributed by atoms with van der Waals surface area (Å²) in [5, 5.41) is 27.2. The zero-order chi connectivity index (χ0) is 8.43. The van der Waals surface area contributed by atoms with Crippen LogP contribution in [-0.4, -0.2) is 53.6 Å². The van der Waals surface area contributed by atoms with E-state index in [1.807, 2.05) is 0 Å². The van der Waals surface area contributed by atoms with E-state index in [9.17, 15) is 0 Å². The Morgan fingerprint density at radius 1 is 1.27 bits per heavy atom. The fourth-order valence-electron chi connectivity index (χ4n) is 0.987. The lowest BCUT2D eigenvalue weighted by Gasteiger charge is -2.33. The summed E-state index contributed by atoms with van der Waals surface area (Å²) in [6.07, 6.45) is -4.23. The number of ether oxygens (including phenoxy) is 2. The second-order valence-electron chi connectivity index (χ2n) is 2.49. The number of rotatable bonds is 1. The van der Waals surface area contributed by atoms with Crippen molar-refractivity contribution in [2.75, 3.05) is 13.7 Å². The highest BCUT2D eigenvalue weighted by Gasteiger charge is 2.37. The van der Waals surface area contributed by atoms with E-state index in [4.69, 9.17) is 20.1 Å². The van der Waals surface area contributed by atoms with Crippen LogP contribution in [0.15, 0.2) is 0 Å². The van der Waals surface area contributed by atoms with Crippen molar-refractivity contribution in [1.29, 1.82) is 0 Å². The summed E-state index contributed by atoms with van der Waals surface area (Å²) < 4.78 is 9.52. The molecule has 1 fully saturated rings. The average molecular weight is 164 g/mol. The molecular formula is C6H12O5. The van der Waals surface area contributed by atoms with Crippen molar-refractivity contribution in [1.82, 2.24) is 0 Å². The molecule has 5 heteroatoms. The molecule has 0 aromatic carbocycles. The van der Waals surface area contributed by atoms with Gasteiger partial charge in [-0.3, -0.25) is 0 Å². The maximum Gasteiger partial charge on any atom is 0.185 e. The topological polar surface area (TPSA) is 79.2 Å². The molecule has 1 aliphatic heterocycles. The van der Waals surface area contributed by atoms with Crippen molar-refractivity contribution in [3.05, 3.63) is 0 Å². The summed E-state index contributed by atoms with van der Waals surface area (Å²) in [4.78, 5) is 0. The van der Waals surface area contributed by atoms with Gasteiger partial charge in [0.1, 0.15) is 18.3 Å². The van der Waals surface area contributed by atoms with E-state index in [2.05, 4.69) is 4.74 Å². The molecule has 4 atom stereocenters. The lowest BCUT2D eigenvalue weighted by atomic mass is 10.1. The number of aliphatic hydroxyl groups is 3. The van der Waals surface area contributed by atoms with Crippen LogP contribution in [0.4, 0.5) is 0 Å². The Kier molecular flexibility index (Phi) is 2.80. The molecule has 1 aliphatic rings. The van der Waals surface area contributed by atoms with E-state index in [1.54, 1.807) is 0 Å². The third-order valence-corrected chi connectivity index (χ3v) is 1.69. The quantitative estimate of drug-likeness (QED) is 0.420. The molecule has 0 spiro atoms. The van der Waals surface area contributed by atoms with Crippen LogP contribution in [0.2, 0.25) is 0 Å². The molecule has 5 nitrogen and oxygen atoms in total. The monoisotopic (exact) mass is 164 g/mol. The van der Waals surface area contributed by atoms with Crippen molar-refractivity contribution in [3.8, 4) is 0 Å². The fraction of sp³-hybridized carbons (Fsp3) is 1.00. The van der Waals surface area contributed by atoms with Crippen LogP contribution in [0.3, 0.4) is 0 Å². The Morgan fingerprint density at radius 3 is 2.45 bits per heavy atom. The van der Waals surface area contributed by atoms with Crippen LogP contribution >= 0.6 is 0 Å². The van der Waals surface area contributed by atoms with E-state index in [1.165, 1.54) is 7.11 Å². The average Bonchev–Trinajstić information content (AvgIpc) is 2.01. The minimum absolute atomic E-state index is 0.0171. The molecule has 0 aliphatic carbocycles. The van der Waals surface area contributed by atoms with Gasteiger partial charge in [-0.15, -0.1) is 0 Å². The number of hydrogen-bond donors (Lipinski definition) is 3. The molecule has 0 aromatic heterocycles. The number of aliphatic hydroxyl groups excluding tert-OH is 3. The minimum atomic E-state index is -1.19. The Bertz CT molecular complexity index is 126. The van der Waals surface area contributed by atoms with Gasteiger partial charge in [0.25, 0.3) is 0 Å². The minimum Gasteiger partial charge on any atom is -0.388 e.